The van der Waals surface area contributed by atoms with Gasteiger partial charge in [0.2, 0.25) is 0 Å². The molecule has 0 saturated heterocycles. The van der Waals surface area contributed by atoms with Crippen molar-refractivity contribution in [2.45, 2.75) is 25.3 Å². The largest absolute Gasteiger partial charge is 0.361 e. The highest BCUT2D eigenvalue weighted by atomic mass is 32.2. The molecule has 1 aromatic rings. The number of thioether (sulfide) groups is 1. The van der Waals surface area contributed by atoms with Crippen molar-refractivity contribution >= 4 is 11.8 Å². The summed E-state index contributed by atoms with van der Waals surface area (Å²) >= 11 is 1.74. The molecule has 2 nitrogen and oxygen atoms in total. The first kappa shape index (κ1) is 7.66. The van der Waals surface area contributed by atoms with Crippen molar-refractivity contribution in [1.29, 1.82) is 0 Å². The third-order valence-electron chi connectivity index (χ3n) is 1.06. The van der Waals surface area contributed by atoms with Crippen molar-refractivity contribution < 1.29 is 4.52 Å². The summed E-state index contributed by atoms with van der Waals surface area (Å²) in [6.45, 7) is 4.06. The van der Waals surface area contributed by atoms with E-state index in [4.69, 9.17) is 4.52 Å². The van der Waals surface area contributed by atoms with Crippen LogP contribution in [-0.2, 0) is 0 Å². The monoisotopic (exact) mass is 157 g/mol. The van der Waals surface area contributed by atoms with Crippen LogP contribution in [0.3, 0.4) is 0 Å². The Labute approximate surface area is 65.0 Å². The summed E-state index contributed by atoms with van der Waals surface area (Å²) < 4.78 is 4.89. The van der Waals surface area contributed by atoms with Gasteiger partial charge < -0.3 is 4.52 Å². The van der Waals surface area contributed by atoms with Gasteiger partial charge in [-0.2, -0.15) is 0 Å². The first-order chi connectivity index (χ1) is 4.83. The van der Waals surface area contributed by atoms with E-state index in [2.05, 4.69) is 12.1 Å². The molecule has 0 N–H and O–H groups in total. The average molecular weight is 157 g/mol. The zero-order valence-corrected chi connectivity index (χ0v) is 7.07. The van der Waals surface area contributed by atoms with Gasteiger partial charge in [-0.25, -0.2) is 0 Å². The minimum absolute atomic E-state index is 0.888. The summed E-state index contributed by atoms with van der Waals surface area (Å²) in [6.07, 6.45) is 1.18. The van der Waals surface area contributed by atoms with Crippen LogP contribution in [0.2, 0.25) is 0 Å². The number of nitrogens with zero attached hydrogens (tertiary/aromatic N) is 1. The van der Waals surface area contributed by atoms with E-state index < -0.39 is 0 Å². The highest BCUT2D eigenvalue weighted by Crippen LogP contribution is 2.17. The molecule has 0 amide bonds. The Morgan fingerprint density at radius 2 is 2.50 bits per heavy atom. The van der Waals surface area contributed by atoms with E-state index in [0.29, 0.717) is 0 Å². The van der Waals surface area contributed by atoms with Crippen LogP contribution >= 0.6 is 11.8 Å². The minimum atomic E-state index is 0.888. The Hall–Kier alpha value is -0.440. The van der Waals surface area contributed by atoms with E-state index in [9.17, 15) is 0 Å². The molecule has 3 heteroatoms. The molecule has 0 saturated carbocycles. The predicted octanol–water partition coefficient (Wildman–Crippen LogP) is 2.49. The van der Waals surface area contributed by atoms with Crippen LogP contribution in [0.15, 0.2) is 15.6 Å². The maximum atomic E-state index is 4.89. The molecule has 10 heavy (non-hydrogen) atoms. The molecule has 0 radical (unpaired) electrons. The van der Waals surface area contributed by atoms with Gasteiger partial charge in [0.1, 0.15) is 10.8 Å². The number of aromatic nitrogens is 1. The molecule has 0 aliphatic heterocycles. The molecule has 0 bridgehead atoms. The van der Waals surface area contributed by atoms with E-state index in [0.717, 1.165) is 16.5 Å². The first-order valence-corrected chi connectivity index (χ1v) is 4.37. The Bertz CT molecular complexity index is 197. The van der Waals surface area contributed by atoms with Crippen molar-refractivity contribution in [2.24, 2.45) is 0 Å². The van der Waals surface area contributed by atoms with E-state index in [1.165, 1.54) is 6.42 Å². The molecule has 56 valence electrons. The molecular formula is C7H11NOS. The Kier molecular flexibility index (Phi) is 2.81. The lowest BCUT2D eigenvalue weighted by molar-refractivity contribution is 0.383. The van der Waals surface area contributed by atoms with Crippen molar-refractivity contribution in [3.05, 3.63) is 11.8 Å². The van der Waals surface area contributed by atoms with E-state index in [1.807, 2.05) is 13.0 Å². The molecule has 0 spiro atoms. The van der Waals surface area contributed by atoms with Crippen LogP contribution in [0.5, 0.6) is 0 Å². The van der Waals surface area contributed by atoms with Crippen LogP contribution in [0.25, 0.3) is 0 Å². The standard InChI is InChI=1S/C7H11NOS/c1-3-4-10-7-5-6(2)9-8-7/h5H,3-4H2,1-2H3. The van der Waals surface area contributed by atoms with E-state index in [1.54, 1.807) is 11.8 Å². The van der Waals surface area contributed by atoms with Crippen molar-refractivity contribution in [2.75, 3.05) is 5.75 Å². The molecule has 0 aromatic carbocycles. The molecule has 0 atom stereocenters. The Balaban J connectivity index is 2.42. The molecule has 0 fully saturated rings. The zero-order chi connectivity index (χ0) is 7.40. The van der Waals surface area contributed by atoms with Crippen LogP contribution in [0.1, 0.15) is 19.1 Å². The predicted molar refractivity (Wildman–Crippen MR) is 42.3 cm³/mol. The zero-order valence-electron chi connectivity index (χ0n) is 6.26. The van der Waals surface area contributed by atoms with Gasteiger partial charge in [-0.3, -0.25) is 0 Å². The van der Waals surface area contributed by atoms with Gasteiger partial charge in [0.25, 0.3) is 0 Å². The fourth-order valence-electron chi connectivity index (χ4n) is 0.618. The highest BCUT2D eigenvalue weighted by Gasteiger charge is 1.97. The number of hydrogen-bond donors (Lipinski definition) is 0. The van der Waals surface area contributed by atoms with Gasteiger partial charge >= 0.3 is 0 Å². The molecule has 1 heterocycles. The van der Waals surface area contributed by atoms with Crippen molar-refractivity contribution in [3.8, 4) is 0 Å². The number of hydrogen-bond acceptors (Lipinski definition) is 3. The highest BCUT2D eigenvalue weighted by molar-refractivity contribution is 7.99. The fourth-order valence-corrected chi connectivity index (χ4v) is 1.37. The van der Waals surface area contributed by atoms with Gasteiger partial charge in [0.15, 0.2) is 0 Å². The van der Waals surface area contributed by atoms with Crippen LogP contribution < -0.4 is 0 Å². The fraction of sp³-hybridized carbons (Fsp3) is 0.571. The van der Waals surface area contributed by atoms with Gasteiger partial charge in [0, 0.05) is 6.07 Å². The topological polar surface area (TPSA) is 26.0 Å². The number of rotatable bonds is 3. The third kappa shape index (κ3) is 2.06. The van der Waals surface area contributed by atoms with Gasteiger partial charge in [0.05, 0.1) is 0 Å². The number of aryl methyl sites for hydroxylation is 1. The summed E-state index contributed by atoms with van der Waals surface area (Å²) in [5.74, 6) is 2.00. The molecular weight excluding hydrogens is 146 g/mol. The van der Waals surface area contributed by atoms with E-state index >= 15 is 0 Å². The van der Waals surface area contributed by atoms with Gasteiger partial charge in [-0.15, -0.1) is 11.8 Å². The second-order valence-electron chi connectivity index (χ2n) is 2.12. The molecule has 0 aliphatic rings. The Morgan fingerprint density at radius 3 is 3.00 bits per heavy atom. The minimum Gasteiger partial charge on any atom is -0.361 e. The quantitative estimate of drug-likeness (QED) is 0.630. The third-order valence-corrected chi connectivity index (χ3v) is 2.16. The lowest BCUT2D eigenvalue weighted by atomic mass is 10.5. The maximum Gasteiger partial charge on any atom is 0.140 e. The van der Waals surface area contributed by atoms with Gasteiger partial charge in [-0.05, 0) is 19.1 Å². The summed E-state index contributed by atoms with van der Waals surface area (Å²) in [7, 11) is 0. The van der Waals surface area contributed by atoms with Crippen molar-refractivity contribution in [1.82, 2.24) is 5.16 Å². The molecule has 0 aliphatic carbocycles. The summed E-state index contributed by atoms with van der Waals surface area (Å²) in [4.78, 5) is 0. The smallest absolute Gasteiger partial charge is 0.140 e. The lowest BCUT2D eigenvalue weighted by Crippen LogP contribution is -1.73. The normalized spacial score (nSPS) is 10.2. The SMILES string of the molecule is CCCSc1cc(C)on1. The summed E-state index contributed by atoms with van der Waals surface area (Å²) in [5, 5.41) is 4.84. The van der Waals surface area contributed by atoms with Crippen molar-refractivity contribution in [3.63, 3.8) is 0 Å². The summed E-state index contributed by atoms with van der Waals surface area (Å²) in [5.41, 5.74) is 0. The summed E-state index contributed by atoms with van der Waals surface area (Å²) in [6, 6.07) is 1.96. The second-order valence-corrected chi connectivity index (χ2v) is 3.24. The van der Waals surface area contributed by atoms with Gasteiger partial charge in [-0.1, -0.05) is 12.1 Å². The first-order valence-electron chi connectivity index (χ1n) is 3.39. The van der Waals surface area contributed by atoms with Crippen LogP contribution in [0, 0.1) is 6.92 Å². The molecule has 1 aromatic heterocycles. The average Bonchev–Trinajstić information content (AvgIpc) is 2.31. The lowest BCUT2D eigenvalue weighted by Gasteiger charge is -1.88. The maximum absolute atomic E-state index is 4.89. The molecule has 1 rings (SSSR count). The second kappa shape index (κ2) is 3.66. The van der Waals surface area contributed by atoms with E-state index in [-0.39, 0.29) is 0 Å². The Morgan fingerprint density at radius 1 is 1.70 bits per heavy atom. The van der Waals surface area contributed by atoms with Crippen LogP contribution in [0.4, 0.5) is 0 Å². The van der Waals surface area contributed by atoms with Crippen LogP contribution in [-0.4, -0.2) is 10.9 Å². The molecule has 0 unspecified atom stereocenters.